The Labute approximate surface area is 153 Å². The zero-order valence-electron chi connectivity index (χ0n) is 15.2. The number of aryl methyl sites for hydroxylation is 1. The number of aromatic nitrogens is 2. The van der Waals surface area contributed by atoms with Crippen molar-refractivity contribution in [1.82, 2.24) is 19.8 Å². The van der Waals surface area contributed by atoms with Crippen LogP contribution in [0.3, 0.4) is 0 Å². The molecule has 0 saturated carbocycles. The van der Waals surface area contributed by atoms with Gasteiger partial charge in [-0.3, -0.25) is 9.69 Å². The number of piperidine rings is 1. The summed E-state index contributed by atoms with van der Waals surface area (Å²) in [5.74, 6) is 1.20. The van der Waals surface area contributed by atoms with E-state index in [1.54, 1.807) is 30.3 Å². The van der Waals surface area contributed by atoms with Crippen LogP contribution in [-0.4, -0.2) is 52.9 Å². The summed E-state index contributed by atoms with van der Waals surface area (Å²) in [6.45, 7) is 5.15. The summed E-state index contributed by atoms with van der Waals surface area (Å²) in [6.07, 6.45) is 3.36. The minimum absolute atomic E-state index is 0.0607. The molecule has 1 aliphatic rings. The third kappa shape index (κ3) is 4.86. The molecule has 3 rings (SSSR count). The summed E-state index contributed by atoms with van der Waals surface area (Å²) in [6, 6.07) is 4.08. The number of rotatable bonds is 5. The topological polar surface area (TPSA) is 49.3 Å². The first-order valence-corrected chi connectivity index (χ1v) is 9.75. The van der Waals surface area contributed by atoms with E-state index in [0.29, 0.717) is 17.4 Å². The van der Waals surface area contributed by atoms with E-state index in [2.05, 4.69) is 31.7 Å². The van der Waals surface area contributed by atoms with Gasteiger partial charge in [-0.25, -0.2) is 9.97 Å². The largest absolute Gasteiger partial charge is 0.343 e. The van der Waals surface area contributed by atoms with Gasteiger partial charge in [-0.15, -0.1) is 0 Å². The summed E-state index contributed by atoms with van der Waals surface area (Å²) in [5.41, 5.74) is 2.89. The minimum Gasteiger partial charge on any atom is -0.343 e. The lowest BCUT2D eigenvalue weighted by atomic mass is 9.93. The van der Waals surface area contributed by atoms with Crippen LogP contribution >= 0.6 is 11.3 Å². The second-order valence-corrected chi connectivity index (χ2v) is 7.85. The number of likely N-dealkylation sites (tertiary alicyclic amines) is 1. The number of hydrogen-bond donors (Lipinski definition) is 0. The summed E-state index contributed by atoms with van der Waals surface area (Å²) < 4.78 is 0. The van der Waals surface area contributed by atoms with Crippen molar-refractivity contribution in [3.8, 4) is 0 Å². The predicted molar refractivity (Wildman–Crippen MR) is 101 cm³/mol. The van der Waals surface area contributed by atoms with E-state index in [0.717, 1.165) is 25.2 Å². The highest BCUT2D eigenvalue weighted by atomic mass is 32.1. The molecule has 0 radical (unpaired) electrons. The number of carbonyl (C=O) groups is 1. The molecule has 0 aromatic carbocycles. The molecule has 0 N–H and O–H groups in total. The first kappa shape index (κ1) is 18.0. The smallest absolute Gasteiger partial charge is 0.272 e. The first-order chi connectivity index (χ1) is 12.0. The molecule has 0 aliphatic carbocycles. The summed E-state index contributed by atoms with van der Waals surface area (Å²) >= 11 is 1.76. The molecule has 1 atom stereocenters. The van der Waals surface area contributed by atoms with Gasteiger partial charge in [0.05, 0.1) is 0 Å². The molecule has 25 heavy (non-hydrogen) atoms. The Bertz CT molecular complexity index is 714. The fraction of sp³-hybridized carbons (Fsp3) is 0.526. The summed E-state index contributed by atoms with van der Waals surface area (Å²) in [4.78, 5) is 25.2. The van der Waals surface area contributed by atoms with Gasteiger partial charge in [-0.05, 0) is 67.1 Å². The van der Waals surface area contributed by atoms with Crippen molar-refractivity contribution in [1.29, 1.82) is 0 Å². The Balaban J connectivity index is 1.66. The van der Waals surface area contributed by atoms with Crippen molar-refractivity contribution in [2.45, 2.75) is 32.7 Å². The Morgan fingerprint density at radius 3 is 2.96 bits per heavy atom. The minimum atomic E-state index is -0.0607. The summed E-state index contributed by atoms with van der Waals surface area (Å²) in [7, 11) is 3.51. The van der Waals surface area contributed by atoms with Crippen molar-refractivity contribution in [2.75, 3.05) is 27.2 Å². The molecule has 3 heterocycles. The zero-order chi connectivity index (χ0) is 17.8. The van der Waals surface area contributed by atoms with Gasteiger partial charge in [0.2, 0.25) is 0 Å². The van der Waals surface area contributed by atoms with Crippen LogP contribution in [0.1, 0.15) is 40.4 Å². The molecule has 5 nitrogen and oxygen atoms in total. The van der Waals surface area contributed by atoms with Crippen LogP contribution in [0.4, 0.5) is 0 Å². The van der Waals surface area contributed by atoms with E-state index >= 15 is 0 Å². The number of nitrogens with zero attached hydrogens (tertiary/aromatic N) is 4. The van der Waals surface area contributed by atoms with Gasteiger partial charge in [0.15, 0.2) is 0 Å². The van der Waals surface area contributed by atoms with Gasteiger partial charge in [0.1, 0.15) is 11.5 Å². The van der Waals surface area contributed by atoms with Gasteiger partial charge < -0.3 is 4.90 Å². The van der Waals surface area contributed by atoms with Gasteiger partial charge in [0.25, 0.3) is 5.91 Å². The Morgan fingerprint density at radius 1 is 1.40 bits per heavy atom. The van der Waals surface area contributed by atoms with Gasteiger partial charge in [-0.2, -0.15) is 11.3 Å². The Hall–Kier alpha value is -1.79. The lowest BCUT2D eigenvalue weighted by Crippen LogP contribution is -2.35. The van der Waals surface area contributed by atoms with Crippen LogP contribution in [0.15, 0.2) is 22.9 Å². The standard InChI is InChI=1S/C19H26N4OS/c1-14-20-17(10-18(21-14)19(24)22(2)3)9-15-5-4-7-23(11-15)12-16-6-8-25-13-16/h6,8,10,13,15H,4-5,7,9,11-12H2,1-3H3/t15-/m1/s1. The van der Waals surface area contributed by atoms with Crippen molar-refractivity contribution in [2.24, 2.45) is 5.92 Å². The number of amides is 1. The van der Waals surface area contributed by atoms with Crippen LogP contribution in [0.5, 0.6) is 0 Å². The van der Waals surface area contributed by atoms with Gasteiger partial charge in [0, 0.05) is 32.9 Å². The first-order valence-electron chi connectivity index (χ1n) is 8.81. The maximum Gasteiger partial charge on any atom is 0.272 e. The van der Waals surface area contributed by atoms with Gasteiger partial charge in [-0.1, -0.05) is 0 Å². The molecule has 0 spiro atoms. The molecule has 1 aliphatic heterocycles. The number of hydrogen-bond acceptors (Lipinski definition) is 5. The molecule has 1 saturated heterocycles. The van der Waals surface area contributed by atoms with Crippen LogP contribution in [0.25, 0.3) is 0 Å². The molecule has 6 heteroatoms. The third-order valence-corrected chi connectivity index (χ3v) is 5.34. The lowest BCUT2D eigenvalue weighted by Gasteiger charge is -2.32. The highest BCUT2D eigenvalue weighted by Crippen LogP contribution is 2.22. The highest BCUT2D eigenvalue weighted by molar-refractivity contribution is 7.07. The predicted octanol–water partition coefficient (Wildman–Crippen LogP) is 3.00. The SMILES string of the molecule is Cc1nc(C[C@H]2CCCN(Cc3ccsc3)C2)cc(C(=O)N(C)C)n1. The normalized spacial score (nSPS) is 18.3. The third-order valence-electron chi connectivity index (χ3n) is 4.60. The second-order valence-electron chi connectivity index (χ2n) is 7.07. The fourth-order valence-corrected chi connectivity index (χ4v) is 4.13. The van der Waals surface area contributed by atoms with Crippen LogP contribution in [0, 0.1) is 12.8 Å². The Kier molecular flexibility index (Phi) is 5.81. The lowest BCUT2D eigenvalue weighted by molar-refractivity contribution is 0.0821. The average molecular weight is 359 g/mol. The molecular formula is C19H26N4OS. The van der Waals surface area contributed by atoms with Crippen molar-refractivity contribution in [3.05, 3.63) is 45.7 Å². The van der Waals surface area contributed by atoms with Crippen molar-refractivity contribution >= 4 is 17.2 Å². The molecule has 1 amide bonds. The van der Waals surface area contributed by atoms with Crippen molar-refractivity contribution < 1.29 is 4.79 Å². The summed E-state index contributed by atoms with van der Waals surface area (Å²) in [5, 5.41) is 4.38. The monoisotopic (exact) mass is 358 g/mol. The average Bonchev–Trinajstić information content (AvgIpc) is 3.06. The number of carbonyl (C=O) groups excluding carboxylic acids is 1. The molecule has 2 aromatic rings. The van der Waals surface area contributed by atoms with E-state index in [4.69, 9.17) is 0 Å². The maximum absolute atomic E-state index is 12.2. The Morgan fingerprint density at radius 2 is 2.24 bits per heavy atom. The van der Waals surface area contributed by atoms with Crippen LogP contribution in [0.2, 0.25) is 0 Å². The zero-order valence-corrected chi connectivity index (χ0v) is 16.1. The van der Waals surface area contributed by atoms with E-state index in [1.807, 2.05) is 13.0 Å². The van der Waals surface area contributed by atoms with Crippen LogP contribution in [-0.2, 0) is 13.0 Å². The molecule has 0 unspecified atom stereocenters. The number of thiophene rings is 1. The highest BCUT2D eigenvalue weighted by Gasteiger charge is 2.22. The molecular weight excluding hydrogens is 332 g/mol. The van der Waals surface area contributed by atoms with E-state index in [9.17, 15) is 4.79 Å². The molecule has 0 bridgehead atoms. The van der Waals surface area contributed by atoms with E-state index in [1.165, 1.54) is 24.9 Å². The van der Waals surface area contributed by atoms with Gasteiger partial charge >= 0.3 is 0 Å². The quantitative estimate of drug-likeness (QED) is 0.824. The fourth-order valence-electron chi connectivity index (χ4n) is 3.47. The second kappa shape index (κ2) is 8.06. The van der Waals surface area contributed by atoms with E-state index < -0.39 is 0 Å². The molecule has 1 fully saturated rings. The maximum atomic E-state index is 12.2. The molecule has 2 aromatic heterocycles. The van der Waals surface area contributed by atoms with Crippen LogP contribution < -0.4 is 0 Å². The van der Waals surface area contributed by atoms with Crippen molar-refractivity contribution in [3.63, 3.8) is 0 Å². The molecule has 134 valence electrons. The van der Waals surface area contributed by atoms with E-state index in [-0.39, 0.29) is 5.91 Å².